The van der Waals surface area contributed by atoms with Crippen LogP contribution in [0.15, 0.2) is 128 Å². The number of esters is 1. The molecule has 2 aliphatic rings. The standard InChI is InChI=1S/C41H42N2O4/c1-2-23-43-24-22-34-37(47-40(44)32-18-10-5-11-19-32)25-36(43)38-33-20-12-13-21-35(33)42-39(38)41(34,28-45-26-30-14-6-3-7-15-30)29-46-27-31-16-8-4-9-17-31/h2-21,34,36-37,42H,1,22-29H2. The van der Waals surface area contributed by atoms with Crippen molar-refractivity contribution in [2.24, 2.45) is 5.92 Å². The van der Waals surface area contributed by atoms with Crippen LogP contribution in [0.3, 0.4) is 0 Å². The molecular formula is C41H42N2O4. The van der Waals surface area contributed by atoms with Crippen molar-refractivity contribution in [3.05, 3.63) is 156 Å². The highest BCUT2D eigenvalue weighted by atomic mass is 16.5. The van der Waals surface area contributed by atoms with Crippen molar-refractivity contribution in [2.45, 2.75) is 43.6 Å². The summed E-state index contributed by atoms with van der Waals surface area (Å²) in [6.07, 6.45) is 3.11. The predicted molar refractivity (Wildman–Crippen MR) is 185 cm³/mol. The lowest BCUT2D eigenvalue weighted by Gasteiger charge is -2.43. The fourth-order valence-electron chi connectivity index (χ4n) is 7.75. The van der Waals surface area contributed by atoms with Gasteiger partial charge in [-0.2, -0.15) is 0 Å². The molecule has 2 bridgehead atoms. The Morgan fingerprint density at radius 2 is 1.43 bits per heavy atom. The highest BCUT2D eigenvalue weighted by Gasteiger charge is 2.54. The average molecular weight is 627 g/mol. The molecule has 1 aliphatic carbocycles. The number of hydrogen-bond acceptors (Lipinski definition) is 5. The van der Waals surface area contributed by atoms with Crippen molar-refractivity contribution in [1.82, 2.24) is 9.88 Å². The zero-order valence-corrected chi connectivity index (χ0v) is 26.7. The van der Waals surface area contributed by atoms with E-state index in [1.165, 1.54) is 10.9 Å². The quantitative estimate of drug-likeness (QED) is 0.112. The van der Waals surface area contributed by atoms with Crippen LogP contribution >= 0.6 is 0 Å². The third-order valence-corrected chi connectivity index (χ3v) is 9.93. The Bertz CT molecular complexity index is 1740. The van der Waals surface area contributed by atoms with Gasteiger partial charge in [0.05, 0.1) is 37.4 Å². The predicted octanol–water partition coefficient (Wildman–Crippen LogP) is 8.02. The van der Waals surface area contributed by atoms with Gasteiger partial charge in [0, 0.05) is 41.5 Å². The number of para-hydroxylation sites is 1. The van der Waals surface area contributed by atoms with Crippen LogP contribution in [0, 0.1) is 5.92 Å². The lowest BCUT2D eigenvalue weighted by molar-refractivity contribution is -0.0607. The van der Waals surface area contributed by atoms with Crippen molar-refractivity contribution >= 4 is 16.9 Å². The summed E-state index contributed by atoms with van der Waals surface area (Å²) in [5.41, 5.74) is 5.64. The number of ether oxygens (including phenoxy) is 3. The van der Waals surface area contributed by atoms with Crippen LogP contribution in [0.25, 0.3) is 10.9 Å². The van der Waals surface area contributed by atoms with Crippen LogP contribution in [0.4, 0.5) is 0 Å². The molecular weight excluding hydrogens is 584 g/mol. The first-order chi connectivity index (χ1) is 23.2. The summed E-state index contributed by atoms with van der Waals surface area (Å²) in [5, 5.41) is 1.19. The second-order valence-electron chi connectivity index (χ2n) is 12.8. The molecule has 0 saturated carbocycles. The summed E-state index contributed by atoms with van der Waals surface area (Å²) in [6, 6.07) is 38.4. The fourth-order valence-corrected chi connectivity index (χ4v) is 7.75. The molecule has 6 nitrogen and oxygen atoms in total. The molecule has 1 fully saturated rings. The van der Waals surface area contributed by atoms with E-state index in [4.69, 9.17) is 14.2 Å². The zero-order valence-electron chi connectivity index (χ0n) is 26.7. The molecule has 240 valence electrons. The Kier molecular flexibility index (Phi) is 9.34. The molecule has 47 heavy (non-hydrogen) atoms. The second-order valence-corrected chi connectivity index (χ2v) is 12.8. The highest BCUT2D eigenvalue weighted by molar-refractivity contribution is 5.89. The first kappa shape index (κ1) is 31.1. The highest BCUT2D eigenvalue weighted by Crippen LogP contribution is 2.52. The zero-order chi connectivity index (χ0) is 32.1. The Morgan fingerprint density at radius 3 is 2.06 bits per heavy atom. The maximum Gasteiger partial charge on any atom is 0.338 e. The molecule has 1 saturated heterocycles. The van der Waals surface area contributed by atoms with Gasteiger partial charge in [-0.3, -0.25) is 4.90 Å². The number of likely N-dealkylation sites (tertiary alicyclic amines) is 1. The Labute approximate surface area is 277 Å². The third kappa shape index (κ3) is 6.41. The molecule has 0 radical (unpaired) electrons. The van der Waals surface area contributed by atoms with Crippen LogP contribution in [0.2, 0.25) is 0 Å². The average Bonchev–Trinajstić information content (AvgIpc) is 3.36. The van der Waals surface area contributed by atoms with E-state index in [9.17, 15) is 4.79 Å². The normalized spacial score (nSPS) is 20.3. The summed E-state index contributed by atoms with van der Waals surface area (Å²) in [5.74, 6) is -0.371. The molecule has 4 aromatic carbocycles. The van der Waals surface area contributed by atoms with E-state index in [-0.39, 0.29) is 24.0 Å². The van der Waals surface area contributed by atoms with Gasteiger partial charge in [-0.25, -0.2) is 4.79 Å². The molecule has 0 amide bonds. The maximum absolute atomic E-state index is 13.7. The topological polar surface area (TPSA) is 63.8 Å². The molecule has 3 unspecified atom stereocenters. The van der Waals surface area contributed by atoms with Gasteiger partial charge in [0.2, 0.25) is 0 Å². The monoisotopic (exact) mass is 626 g/mol. The van der Waals surface area contributed by atoms with E-state index in [0.717, 1.165) is 41.8 Å². The number of carbonyl (C=O) groups excluding carboxylic acids is 1. The van der Waals surface area contributed by atoms with Crippen molar-refractivity contribution in [3.8, 4) is 0 Å². The van der Waals surface area contributed by atoms with Crippen LogP contribution in [0.1, 0.15) is 51.6 Å². The first-order valence-electron chi connectivity index (χ1n) is 16.6. The first-order valence-corrected chi connectivity index (χ1v) is 16.6. The van der Waals surface area contributed by atoms with Crippen molar-refractivity contribution in [3.63, 3.8) is 0 Å². The van der Waals surface area contributed by atoms with Gasteiger partial charge < -0.3 is 19.2 Å². The Balaban J connectivity index is 1.35. The minimum absolute atomic E-state index is 0.0165. The van der Waals surface area contributed by atoms with Gasteiger partial charge in [0.1, 0.15) is 6.10 Å². The molecule has 1 aromatic heterocycles. The number of nitrogens with one attached hydrogen (secondary N) is 1. The largest absolute Gasteiger partial charge is 0.458 e. The van der Waals surface area contributed by atoms with Crippen LogP contribution < -0.4 is 0 Å². The van der Waals surface area contributed by atoms with Crippen molar-refractivity contribution in [2.75, 3.05) is 26.3 Å². The minimum atomic E-state index is -0.617. The van der Waals surface area contributed by atoms with Gasteiger partial charge >= 0.3 is 5.97 Å². The summed E-state index contributed by atoms with van der Waals surface area (Å²) < 4.78 is 20.0. The number of nitrogens with zero attached hydrogens (tertiary/aromatic N) is 1. The summed E-state index contributed by atoms with van der Waals surface area (Å²) in [4.78, 5) is 20.1. The summed E-state index contributed by atoms with van der Waals surface area (Å²) in [6.45, 7) is 7.47. The lowest BCUT2D eigenvalue weighted by atomic mass is 9.69. The van der Waals surface area contributed by atoms with Crippen LogP contribution in [-0.2, 0) is 32.8 Å². The summed E-state index contributed by atoms with van der Waals surface area (Å²) in [7, 11) is 0. The van der Waals surface area contributed by atoms with E-state index in [1.807, 2.05) is 72.8 Å². The van der Waals surface area contributed by atoms with Gasteiger partial charge in [0.25, 0.3) is 0 Å². The molecule has 1 aliphatic heterocycles. The smallest absolute Gasteiger partial charge is 0.338 e. The molecule has 3 atom stereocenters. The Morgan fingerprint density at radius 1 is 0.830 bits per heavy atom. The number of fused-ring (bicyclic) bond motifs is 7. The Hall–Kier alpha value is -4.49. The van der Waals surface area contributed by atoms with E-state index in [1.54, 1.807) is 0 Å². The fraction of sp³-hybridized carbons (Fsp3) is 0.293. The molecule has 7 rings (SSSR count). The molecule has 1 N–H and O–H groups in total. The van der Waals surface area contributed by atoms with Crippen LogP contribution in [-0.4, -0.2) is 48.3 Å². The van der Waals surface area contributed by atoms with E-state index in [0.29, 0.717) is 38.4 Å². The van der Waals surface area contributed by atoms with Gasteiger partial charge in [0.15, 0.2) is 0 Å². The second kappa shape index (κ2) is 14.1. The number of aromatic amines is 1. The minimum Gasteiger partial charge on any atom is -0.458 e. The van der Waals surface area contributed by atoms with Gasteiger partial charge in [-0.1, -0.05) is 103 Å². The molecule has 5 aromatic rings. The lowest BCUT2D eigenvalue weighted by Crippen LogP contribution is -2.50. The van der Waals surface area contributed by atoms with E-state index >= 15 is 0 Å². The summed E-state index contributed by atoms with van der Waals surface area (Å²) >= 11 is 0. The number of rotatable bonds is 12. The maximum atomic E-state index is 13.7. The number of benzene rings is 4. The van der Waals surface area contributed by atoms with Gasteiger partial charge in [-0.05, 0) is 47.9 Å². The number of aromatic nitrogens is 1. The number of H-pyrrole nitrogens is 1. The number of carbonyl (C=O) groups is 1. The van der Waals surface area contributed by atoms with Crippen molar-refractivity contribution in [1.29, 1.82) is 0 Å². The van der Waals surface area contributed by atoms with Crippen LogP contribution in [0.5, 0.6) is 0 Å². The molecule has 2 heterocycles. The van der Waals surface area contributed by atoms with E-state index in [2.05, 4.69) is 65.0 Å². The SMILES string of the molecule is C=CCN1CCC2C(OC(=O)c3ccccc3)CC1c1c([nH]c3ccccc13)C2(COCc1ccccc1)COCc1ccccc1. The van der Waals surface area contributed by atoms with Crippen molar-refractivity contribution < 1.29 is 19.0 Å². The van der Waals surface area contributed by atoms with Gasteiger partial charge in [-0.15, -0.1) is 6.58 Å². The molecule has 6 heteroatoms. The molecule has 0 spiro atoms. The third-order valence-electron chi connectivity index (χ3n) is 9.93. The van der Waals surface area contributed by atoms with E-state index < -0.39 is 5.41 Å². The number of hydrogen-bond donors (Lipinski definition) is 1.